The number of rotatable bonds is 3. The summed E-state index contributed by atoms with van der Waals surface area (Å²) >= 11 is 0. The Balaban J connectivity index is 1.76. The second-order valence-electron chi connectivity index (χ2n) is 8.94. The smallest absolute Gasteiger partial charge is 0.0870 e. The van der Waals surface area contributed by atoms with Crippen molar-refractivity contribution in [3.63, 3.8) is 0 Å². The van der Waals surface area contributed by atoms with Gasteiger partial charge in [-0.1, -0.05) is 121 Å². The van der Waals surface area contributed by atoms with Crippen molar-refractivity contribution in [3.05, 3.63) is 162 Å². The molecule has 5 aromatic carbocycles. The Morgan fingerprint density at radius 1 is 0.471 bits per heavy atom. The van der Waals surface area contributed by atoms with Gasteiger partial charge in [-0.05, 0) is 40.5 Å². The first kappa shape index (κ1) is 19.1. The summed E-state index contributed by atoms with van der Waals surface area (Å²) < 4.78 is 2.49. The summed E-state index contributed by atoms with van der Waals surface area (Å²) in [5.41, 5.74) is 9.88. The third-order valence-corrected chi connectivity index (χ3v) is 7.26. The topological polar surface area (TPSA) is 4.93 Å². The van der Waals surface area contributed by atoms with Gasteiger partial charge in [-0.2, -0.15) is 0 Å². The average Bonchev–Trinajstić information content (AvgIpc) is 3.42. The highest BCUT2D eigenvalue weighted by Gasteiger charge is 2.49. The van der Waals surface area contributed by atoms with Gasteiger partial charge in [-0.25, -0.2) is 0 Å². The van der Waals surface area contributed by atoms with E-state index in [1.54, 1.807) is 0 Å². The summed E-state index contributed by atoms with van der Waals surface area (Å²) in [6.45, 7) is 0. The van der Waals surface area contributed by atoms with Gasteiger partial charge in [0.05, 0.1) is 16.6 Å². The van der Waals surface area contributed by atoms with Gasteiger partial charge in [-0.3, -0.25) is 0 Å². The number of fused-ring (bicyclic) bond motifs is 5. The highest BCUT2D eigenvalue weighted by molar-refractivity contribution is 6.05. The molecule has 1 aliphatic rings. The van der Waals surface area contributed by atoms with Gasteiger partial charge >= 0.3 is 0 Å². The first-order valence-corrected chi connectivity index (χ1v) is 11.8. The number of aromatic nitrogens is 1. The number of hydrogen-bond acceptors (Lipinski definition) is 0. The number of nitrogens with zero attached hydrogens (tertiary/aromatic N) is 1. The summed E-state index contributed by atoms with van der Waals surface area (Å²) in [5.74, 6) is 0. The van der Waals surface area contributed by atoms with Crippen LogP contribution in [0.15, 0.2) is 140 Å². The van der Waals surface area contributed by atoms with Gasteiger partial charge in [0.25, 0.3) is 0 Å². The molecule has 1 aliphatic carbocycles. The first-order valence-electron chi connectivity index (χ1n) is 11.8. The fourth-order valence-corrected chi connectivity index (χ4v) is 6.00. The van der Waals surface area contributed by atoms with Crippen molar-refractivity contribution >= 4 is 10.9 Å². The third kappa shape index (κ3) is 2.44. The van der Waals surface area contributed by atoms with Crippen molar-refractivity contribution in [2.24, 2.45) is 0 Å². The lowest BCUT2D eigenvalue weighted by atomic mass is 9.69. The van der Waals surface area contributed by atoms with E-state index < -0.39 is 5.41 Å². The highest BCUT2D eigenvalue weighted by atomic mass is 15.0. The zero-order valence-corrected chi connectivity index (χ0v) is 18.7. The molecule has 7 rings (SSSR count). The number of para-hydroxylation sites is 2. The molecule has 6 aromatic rings. The Hall–Kier alpha value is -4.36. The monoisotopic (exact) mass is 433 g/mol. The lowest BCUT2D eigenvalue weighted by molar-refractivity contribution is 0.718. The molecule has 160 valence electrons. The molecule has 0 saturated carbocycles. The summed E-state index contributed by atoms with van der Waals surface area (Å²) in [4.78, 5) is 0. The third-order valence-electron chi connectivity index (χ3n) is 7.26. The van der Waals surface area contributed by atoms with E-state index in [2.05, 4.69) is 144 Å². The van der Waals surface area contributed by atoms with Gasteiger partial charge in [0.15, 0.2) is 0 Å². The molecule has 0 bridgehead atoms. The van der Waals surface area contributed by atoms with Gasteiger partial charge < -0.3 is 4.57 Å². The van der Waals surface area contributed by atoms with Crippen molar-refractivity contribution in [1.82, 2.24) is 4.57 Å². The van der Waals surface area contributed by atoms with Crippen LogP contribution in [-0.2, 0) is 5.41 Å². The Morgan fingerprint density at radius 2 is 1.00 bits per heavy atom. The average molecular weight is 434 g/mol. The number of hydrogen-bond donors (Lipinski definition) is 0. The van der Waals surface area contributed by atoms with E-state index in [9.17, 15) is 0 Å². The van der Waals surface area contributed by atoms with Crippen molar-refractivity contribution in [2.75, 3.05) is 0 Å². The van der Waals surface area contributed by atoms with E-state index in [1.807, 2.05) is 0 Å². The predicted molar refractivity (Wildman–Crippen MR) is 141 cm³/mol. The van der Waals surface area contributed by atoms with E-state index in [0.29, 0.717) is 0 Å². The molecule has 0 N–H and O–H groups in total. The molecular weight excluding hydrogens is 410 g/mol. The maximum Gasteiger partial charge on any atom is 0.0870 e. The highest BCUT2D eigenvalue weighted by Crippen LogP contribution is 2.59. The van der Waals surface area contributed by atoms with Crippen molar-refractivity contribution in [2.45, 2.75) is 5.41 Å². The quantitative estimate of drug-likeness (QED) is 0.266. The van der Waals surface area contributed by atoms with Crippen LogP contribution >= 0.6 is 0 Å². The molecule has 0 spiro atoms. The standard InChI is InChI=1S/C33H23N/c1-4-14-24(15-5-1)33(25-16-6-2-7-17-25)29-22-12-10-20-27(29)31-28-21-11-13-23-30(28)34(32(31)33)26-18-8-3-9-19-26/h1-23H. The summed E-state index contributed by atoms with van der Waals surface area (Å²) in [6.07, 6.45) is 0. The van der Waals surface area contributed by atoms with Crippen LogP contribution in [0.5, 0.6) is 0 Å². The van der Waals surface area contributed by atoms with Crippen molar-refractivity contribution in [1.29, 1.82) is 0 Å². The van der Waals surface area contributed by atoms with Crippen LogP contribution in [-0.4, -0.2) is 4.57 Å². The maximum absolute atomic E-state index is 2.49. The molecule has 1 aromatic heterocycles. The molecule has 1 heterocycles. The fourth-order valence-electron chi connectivity index (χ4n) is 6.00. The van der Waals surface area contributed by atoms with Gasteiger partial charge in [0, 0.05) is 16.6 Å². The van der Waals surface area contributed by atoms with Crippen LogP contribution in [0.1, 0.15) is 22.4 Å². The summed E-state index contributed by atoms with van der Waals surface area (Å²) in [5, 5.41) is 1.29. The Morgan fingerprint density at radius 3 is 1.68 bits per heavy atom. The van der Waals surface area contributed by atoms with Crippen LogP contribution in [0.3, 0.4) is 0 Å². The Bertz CT molecular complexity index is 1570. The molecular formula is C33H23N. The molecule has 0 fully saturated rings. The Kier molecular flexibility index (Phi) is 4.13. The normalized spacial score (nSPS) is 13.5. The predicted octanol–water partition coefficient (Wildman–Crippen LogP) is 7.99. The van der Waals surface area contributed by atoms with E-state index in [1.165, 1.54) is 50.1 Å². The molecule has 0 unspecified atom stereocenters. The van der Waals surface area contributed by atoms with Gasteiger partial charge in [0.1, 0.15) is 0 Å². The van der Waals surface area contributed by atoms with E-state index in [-0.39, 0.29) is 0 Å². The molecule has 0 atom stereocenters. The molecule has 0 amide bonds. The molecule has 0 aliphatic heterocycles. The minimum Gasteiger partial charge on any atom is -0.311 e. The van der Waals surface area contributed by atoms with Crippen molar-refractivity contribution in [3.8, 4) is 16.8 Å². The minimum atomic E-state index is -0.427. The molecule has 34 heavy (non-hydrogen) atoms. The molecule has 0 saturated heterocycles. The van der Waals surface area contributed by atoms with Crippen LogP contribution in [0, 0.1) is 0 Å². The Labute approximate surface area is 199 Å². The molecule has 1 heteroatoms. The fraction of sp³-hybridized carbons (Fsp3) is 0.0303. The van der Waals surface area contributed by atoms with Crippen molar-refractivity contribution < 1.29 is 0 Å². The molecule has 0 radical (unpaired) electrons. The van der Waals surface area contributed by atoms with E-state index in [0.717, 1.165) is 0 Å². The minimum absolute atomic E-state index is 0.427. The van der Waals surface area contributed by atoms with Crippen LogP contribution in [0.2, 0.25) is 0 Å². The lowest BCUT2D eigenvalue weighted by Crippen LogP contribution is -2.31. The van der Waals surface area contributed by atoms with E-state index >= 15 is 0 Å². The molecule has 1 nitrogen and oxygen atoms in total. The van der Waals surface area contributed by atoms with E-state index in [4.69, 9.17) is 0 Å². The SMILES string of the molecule is c1ccc(-n2c3c(c4ccccc42)-c2ccccc2C3(c2ccccc2)c2ccccc2)cc1. The second kappa shape index (κ2) is 7.33. The van der Waals surface area contributed by atoms with Gasteiger partial charge in [-0.15, -0.1) is 0 Å². The zero-order chi connectivity index (χ0) is 22.5. The first-order chi connectivity index (χ1) is 16.9. The van der Waals surface area contributed by atoms with Crippen LogP contribution < -0.4 is 0 Å². The number of benzene rings is 5. The second-order valence-corrected chi connectivity index (χ2v) is 8.94. The summed E-state index contributed by atoms with van der Waals surface area (Å²) in [6, 6.07) is 50.6. The largest absolute Gasteiger partial charge is 0.311 e. The van der Waals surface area contributed by atoms with Gasteiger partial charge in [0.2, 0.25) is 0 Å². The maximum atomic E-state index is 2.49. The van der Waals surface area contributed by atoms with Crippen LogP contribution in [0.4, 0.5) is 0 Å². The zero-order valence-electron chi connectivity index (χ0n) is 18.7. The summed E-state index contributed by atoms with van der Waals surface area (Å²) in [7, 11) is 0. The lowest BCUT2D eigenvalue weighted by Gasteiger charge is -2.34. The van der Waals surface area contributed by atoms with Crippen LogP contribution in [0.25, 0.3) is 27.7 Å².